The van der Waals surface area contributed by atoms with Crippen molar-refractivity contribution in [2.24, 2.45) is 0 Å². The molecule has 0 radical (unpaired) electrons. The number of nitrogens with one attached hydrogen (secondary N) is 1. The molecule has 4 heteroatoms. The summed E-state index contributed by atoms with van der Waals surface area (Å²) >= 11 is 6.27. The molecule has 0 aliphatic heterocycles. The summed E-state index contributed by atoms with van der Waals surface area (Å²) < 4.78 is 2.11. The van der Waals surface area contributed by atoms with Gasteiger partial charge in [-0.25, -0.2) is 4.98 Å². The van der Waals surface area contributed by atoms with E-state index >= 15 is 0 Å². The summed E-state index contributed by atoms with van der Waals surface area (Å²) in [6.07, 6.45) is 8.34. The van der Waals surface area contributed by atoms with Crippen LogP contribution in [0, 0.1) is 13.8 Å². The zero-order valence-electron chi connectivity index (χ0n) is 14.8. The van der Waals surface area contributed by atoms with Crippen LogP contribution in [0.4, 0.5) is 11.5 Å². The van der Waals surface area contributed by atoms with E-state index in [0.717, 1.165) is 16.5 Å². The zero-order valence-corrected chi connectivity index (χ0v) is 15.6. The van der Waals surface area contributed by atoms with E-state index in [1.807, 2.05) is 18.3 Å². The molecule has 1 saturated carbocycles. The average Bonchev–Trinajstić information content (AvgIpc) is 2.97. The number of halogens is 1. The molecule has 0 amide bonds. The Labute approximate surface area is 154 Å². The Kier molecular flexibility index (Phi) is 4.43. The Morgan fingerprint density at radius 2 is 1.76 bits per heavy atom. The Balaban J connectivity index is 1.86. The number of aryl methyl sites for hydroxylation is 2. The van der Waals surface area contributed by atoms with Crippen LogP contribution in [0.15, 0.2) is 36.5 Å². The summed E-state index contributed by atoms with van der Waals surface area (Å²) in [6, 6.07) is 10.3. The van der Waals surface area contributed by atoms with E-state index < -0.39 is 0 Å². The normalized spacial score (nSPS) is 15.6. The summed E-state index contributed by atoms with van der Waals surface area (Å²) in [6.45, 7) is 4.29. The van der Waals surface area contributed by atoms with Crippen LogP contribution in [-0.2, 0) is 0 Å². The molecule has 3 nitrogen and oxygen atoms in total. The first-order valence-electron chi connectivity index (χ1n) is 9.14. The Morgan fingerprint density at radius 1 is 1.04 bits per heavy atom. The standard InChI is InChI=1S/C21H24ClN3/c1-14-7-6-8-15(2)19(14)24-21-20(16-9-4-3-5-10-16)23-18-12-11-17(22)13-25(18)21/h6-8,11-13,16,24H,3-5,9-10H2,1-2H3. The van der Waals surface area contributed by atoms with E-state index in [-0.39, 0.29) is 0 Å². The first-order valence-corrected chi connectivity index (χ1v) is 9.52. The van der Waals surface area contributed by atoms with Crippen LogP contribution in [0.3, 0.4) is 0 Å². The number of pyridine rings is 1. The largest absolute Gasteiger partial charge is 0.339 e. The van der Waals surface area contributed by atoms with Crippen molar-refractivity contribution in [3.63, 3.8) is 0 Å². The SMILES string of the molecule is Cc1cccc(C)c1Nc1c(C2CCCCC2)nc2ccc(Cl)cn12. The Hall–Kier alpha value is -2.00. The fourth-order valence-corrected chi connectivity index (χ4v) is 4.11. The second kappa shape index (κ2) is 6.72. The van der Waals surface area contributed by atoms with Crippen LogP contribution in [0.2, 0.25) is 5.02 Å². The van der Waals surface area contributed by atoms with E-state index in [2.05, 4.69) is 41.8 Å². The molecular weight excluding hydrogens is 330 g/mol. The van der Waals surface area contributed by atoms with Gasteiger partial charge in [-0.15, -0.1) is 0 Å². The maximum atomic E-state index is 6.27. The van der Waals surface area contributed by atoms with Crippen molar-refractivity contribution >= 4 is 28.8 Å². The van der Waals surface area contributed by atoms with Gasteiger partial charge in [0.05, 0.1) is 10.7 Å². The second-order valence-electron chi connectivity index (χ2n) is 7.15. The third-order valence-electron chi connectivity index (χ3n) is 5.33. The van der Waals surface area contributed by atoms with E-state index in [0.29, 0.717) is 5.92 Å². The molecule has 0 unspecified atom stereocenters. The number of hydrogen-bond donors (Lipinski definition) is 1. The predicted molar refractivity (Wildman–Crippen MR) is 105 cm³/mol. The number of para-hydroxylation sites is 1. The minimum absolute atomic E-state index is 0.527. The molecule has 25 heavy (non-hydrogen) atoms. The van der Waals surface area contributed by atoms with Gasteiger partial charge in [0.2, 0.25) is 0 Å². The van der Waals surface area contributed by atoms with Crippen molar-refractivity contribution in [1.29, 1.82) is 0 Å². The first kappa shape index (κ1) is 16.5. The monoisotopic (exact) mass is 353 g/mol. The van der Waals surface area contributed by atoms with Gasteiger partial charge >= 0.3 is 0 Å². The lowest BCUT2D eigenvalue weighted by Gasteiger charge is -2.22. The van der Waals surface area contributed by atoms with E-state index in [1.54, 1.807) is 0 Å². The number of aromatic nitrogens is 2. The third kappa shape index (κ3) is 3.13. The molecule has 2 aromatic heterocycles. The number of anilines is 2. The molecular formula is C21H24ClN3. The van der Waals surface area contributed by atoms with E-state index in [4.69, 9.17) is 16.6 Å². The number of nitrogens with zero attached hydrogens (tertiary/aromatic N) is 2. The predicted octanol–water partition coefficient (Wildman–Crippen LogP) is 6.40. The van der Waals surface area contributed by atoms with Gasteiger partial charge in [0, 0.05) is 17.8 Å². The lowest BCUT2D eigenvalue weighted by Crippen LogP contribution is -2.08. The van der Waals surface area contributed by atoms with Crippen molar-refractivity contribution in [3.05, 3.63) is 58.4 Å². The summed E-state index contributed by atoms with van der Waals surface area (Å²) in [5.41, 5.74) is 5.79. The fourth-order valence-electron chi connectivity index (χ4n) is 3.95. The Morgan fingerprint density at radius 3 is 2.48 bits per heavy atom. The van der Waals surface area contributed by atoms with Gasteiger partial charge in [-0.3, -0.25) is 4.40 Å². The van der Waals surface area contributed by atoms with Crippen LogP contribution in [0.1, 0.15) is 54.8 Å². The van der Waals surface area contributed by atoms with Crippen molar-refractivity contribution < 1.29 is 0 Å². The van der Waals surface area contributed by atoms with Gasteiger partial charge in [-0.05, 0) is 49.9 Å². The van der Waals surface area contributed by atoms with Crippen molar-refractivity contribution in [1.82, 2.24) is 9.38 Å². The number of imidazole rings is 1. The number of hydrogen-bond acceptors (Lipinski definition) is 2. The topological polar surface area (TPSA) is 29.3 Å². The van der Waals surface area contributed by atoms with Crippen molar-refractivity contribution in [2.75, 3.05) is 5.32 Å². The lowest BCUT2D eigenvalue weighted by atomic mass is 9.87. The first-order chi connectivity index (χ1) is 12.1. The molecule has 4 rings (SSSR count). The molecule has 1 fully saturated rings. The molecule has 0 atom stereocenters. The molecule has 2 heterocycles. The molecule has 130 valence electrons. The summed E-state index contributed by atoms with van der Waals surface area (Å²) in [7, 11) is 0. The highest BCUT2D eigenvalue weighted by atomic mass is 35.5. The van der Waals surface area contributed by atoms with Crippen molar-refractivity contribution in [3.8, 4) is 0 Å². The molecule has 1 N–H and O–H groups in total. The molecule has 1 aliphatic carbocycles. The molecule has 0 bridgehead atoms. The molecule has 1 aliphatic rings. The minimum atomic E-state index is 0.527. The highest BCUT2D eigenvalue weighted by Crippen LogP contribution is 2.38. The lowest BCUT2D eigenvalue weighted by molar-refractivity contribution is 0.439. The number of benzene rings is 1. The van der Waals surface area contributed by atoms with Gasteiger partial charge < -0.3 is 5.32 Å². The number of fused-ring (bicyclic) bond motifs is 1. The minimum Gasteiger partial charge on any atom is -0.339 e. The smallest absolute Gasteiger partial charge is 0.138 e. The summed E-state index contributed by atoms with van der Waals surface area (Å²) in [5, 5.41) is 4.42. The summed E-state index contributed by atoms with van der Waals surface area (Å²) in [4.78, 5) is 4.97. The van der Waals surface area contributed by atoms with Crippen LogP contribution in [0.5, 0.6) is 0 Å². The van der Waals surface area contributed by atoms with E-state index in [1.165, 1.54) is 54.6 Å². The third-order valence-corrected chi connectivity index (χ3v) is 5.55. The maximum Gasteiger partial charge on any atom is 0.138 e. The molecule has 0 saturated heterocycles. The molecule has 3 aromatic rings. The fraction of sp³-hybridized carbons (Fsp3) is 0.381. The summed E-state index contributed by atoms with van der Waals surface area (Å²) in [5.74, 6) is 1.60. The van der Waals surface area contributed by atoms with Gasteiger partial charge in [0.1, 0.15) is 11.5 Å². The van der Waals surface area contributed by atoms with Gasteiger partial charge in [0.15, 0.2) is 0 Å². The maximum absolute atomic E-state index is 6.27. The Bertz CT molecular complexity index is 887. The van der Waals surface area contributed by atoms with Crippen LogP contribution in [-0.4, -0.2) is 9.38 Å². The van der Waals surface area contributed by atoms with Crippen LogP contribution >= 0.6 is 11.6 Å². The van der Waals surface area contributed by atoms with E-state index in [9.17, 15) is 0 Å². The van der Waals surface area contributed by atoms with Gasteiger partial charge in [-0.2, -0.15) is 0 Å². The number of rotatable bonds is 3. The van der Waals surface area contributed by atoms with Crippen LogP contribution < -0.4 is 5.32 Å². The highest BCUT2D eigenvalue weighted by Gasteiger charge is 2.24. The van der Waals surface area contributed by atoms with Gasteiger partial charge in [0.25, 0.3) is 0 Å². The molecule has 0 spiro atoms. The van der Waals surface area contributed by atoms with Crippen LogP contribution in [0.25, 0.3) is 5.65 Å². The molecule has 1 aromatic carbocycles. The zero-order chi connectivity index (χ0) is 17.4. The van der Waals surface area contributed by atoms with Gasteiger partial charge in [-0.1, -0.05) is 49.1 Å². The highest BCUT2D eigenvalue weighted by molar-refractivity contribution is 6.30. The average molecular weight is 354 g/mol. The quantitative estimate of drug-likeness (QED) is 0.590. The second-order valence-corrected chi connectivity index (χ2v) is 7.58. The van der Waals surface area contributed by atoms with Crippen molar-refractivity contribution in [2.45, 2.75) is 51.9 Å².